The minimum Gasteiger partial charge on any atom is -0.493 e. The standard InChI is InChI=1S/C25H43NO3/c1-19(2)6-5-7-20(3)13-15-29-23-11-10-21(16-24(23)28-4)12-14-25(26,18-27)17-22-8-9-22/h10-11,16,19-20,22,27H,5-9,12-15,17-18,26H2,1-4H3. The molecule has 29 heavy (non-hydrogen) atoms. The zero-order valence-electron chi connectivity index (χ0n) is 19.1. The number of ether oxygens (including phenoxy) is 2. The highest BCUT2D eigenvalue weighted by Crippen LogP contribution is 2.37. The lowest BCUT2D eigenvalue weighted by Crippen LogP contribution is -2.44. The number of hydrogen-bond donors (Lipinski definition) is 2. The van der Waals surface area contributed by atoms with Gasteiger partial charge in [0.25, 0.3) is 0 Å². The highest BCUT2D eigenvalue weighted by Gasteiger charge is 2.33. The lowest BCUT2D eigenvalue weighted by atomic mass is 9.88. The Morgan fingerprint density at radius 2 is 1.90 bits per heavy atom. The average molecular weight is 406 g/mol. The lowest BCUT2D eigenvalue weighted by Gasteiger charge is -2.27. The van der Waals surface area contributed by atoms with Gasteiger partial charge in [0.2, 0.25) is 0 Å². The minimum atomic E-state index is -0.463. The number of methoxy groups -OCH3 is 1. The molecule has 0 heterocycles. The topological polar surface area (TPSA) is 64.7 Å². The van der Waals surface area contributed by atoms with E-state index in [1.807, 2.05) is 6.07 Å². The van der Waals surface area contributed by atoms with Gasteiger partial charge in [-0.05, 0) is 61.1 Å². The first-order valence-corrected chi connectivity index (χ1v) is 11.5. The Morgan fingerprint density at radius 1 is 1.14 bits per heavy atom. The predicted molar refractivity (Wildman–Crippen MR) is 121 cm³/mol. The third-order valence-electron chi connectivity index (χ3n) is 6.19. The molecular formula is C25H43NO3. The number of benzene rings is 1. The van der Waals surface area contributed by atoms with Gasteiger partial charge in [-0.25, -0.2) is 0 Å². The summed E-state index contributed by atoms with van der Waals surface area (Å²) in [4.78, 5) is 0. The molecule has 1 aromatic rings. The van der Waals surface area contributed by atoms with Crippen LogP contribution in [0, 0.1) is 17.8 Å². The van der Waals surface area contributed by atoms with Crippen LogP contribution in [0.25, 0.3) is 0 Å². The van der Waals surface area contributed by atoms with Crippen LogP contribution in [-0.2, 0) is 6.42 Å². The zero-order chi connectivity index (χ0) is 21.3. The normalized spacial score (nSPS) is 17.2. The Labute approximate surface area is 178 Å². The molecule has 166 valence electrons. The molecule has 1 aromatic carbocycles. The van der Waals surface area contributed by atoms with E-state index in [2.05, 4.69) is 32.9 Å². The first-order valence-electron chi connectivity index (χ1n) is 11.5. The SMILES string of the molecule is COc1cc(CCC(N)(CO)CC2CC2)ccc1OCCC(C)CCCC(C)C. The maximum Gasteiger partial charge on any atom is 0.161 e. The van der Waals surface area contributed by atoms with Gasteiger partial charge in [0, 0.05) is 5.54 Å². The van der Waals surface area contributed by atoms with Crippen molar-refractivity contribution < 1.29 is 14.6 Å². The molecular weight excluding hydrogens is 362 g/mol. The molecule has 0 aromatic heterocycles. The fourth-order valence-corrected chi connectivity index (χ4v) is 3.91. The van der Waals surface area contributed by atoms with Crippen molar-refractivity contribution in [3.63, 3.8) is 0 Å². The lowest BCUT2D eigenvalue weighted by molar-refractivity contribution is 0.172. The maximum atomic E-state index is 9.74. The minimum absolute atomic E-state index is 0.0528. The molecule has 0 radical (unpaired) electrons. The largest absolute Gasteiger partial charge is 0.493 e. The van der Waals surface area contributed by atoms with Crippen LogP contribution in [-0.4, -0.2) is 31.0 Å². The van der Waals surface area contributed by atoms with Crippen molar-refractivity contribution in [2.45, 2.75) is 84.1 Å². The fourth-order valence-electron chi connectivity index (χ4n) is 3.91. The summed E-state index contributed by atoms with van der Waals surface area (Å²) in [5.74, 6) is 3.78. The van der Waals surface area contributed by atoms with E-state index < -0.39 is 5.54 Å². The molecule has 2 unspecified atom stereocenters. The van der Waals surface area contributed by atoms with Gasteiger partial charge in [-0.2, -0.15) is 0 Å². The van der Waals surface area contributed by atoms with Crippen molar-refractivity contribution in [2.24, 2.45) is 23.5 Å². The number of nitrogens with two attached hydrogens (primary N) is 1. The van der Waals surface area contributed by atoms with Crippen molar-refractivity contribution >= 4 is 0 Å². The monoisotopic (exact) mass is 405 g/mol. The Balaban J connectivity index is 1.80. The second-order valence-corrected chi connectivity index (χ2v) is 9.72. The van der Waals surface area contributed by atoms with Gasteiger partial charge in [-0.15, -0.1) is 0 Å². The molecule has 1 saturated carbocycles. The van der Waals surface area contributed by atoms with Crippen LogP contribution in [0.3, 0.4) is 0 Å². The van der Waals surface area contributed by atoms with E-state index in [4.69, 9.17) is 15.2 Å². The van der Waals surface area contributed by atoms with Gasteiger partial charge in [-0.3, -0.25) is 0 Å². The summed E-state index contributed by atoms with van der Waals surface area (Å²) in [6, 6.07) is 6.16. The summed E-state index contributed by atoms with van der Waals surface area (Å²) in [5, 5.41) is 9.74. The van der Waals surface area contributed by atoms with Crippen LogP contribution < -0.4 is 15.2 Å². The van der Waals surface area contributed by atoms with E-state index in [-0.39, 0.29) is 6.61 Å². The number of aliphatic hydroxyl groups excluding tert-OH is 1. The van der Waals surface area contributed by atoms with E-state index in [1.165, 1.54) is 37.7 Å². The van der Waals surface area contributed by atoms with Crippen LogP contribution in [0.4, 0.5) is 0 Å². The Morgan fingerprint density at radius 3 is 2.52 bits per heavy atom. The molecule has 0 bridgehead atoms. The molecule has 2 rings (SSSR count). The molecule has 0 aliphatic heterocycles. The highest BCUT2D eigenvalue weighted by molar-refractivity contribution is 5.43. The predicted octanol–water partition coefficient (Wildman–Crippen LogP) is 5.35. The number of hydrogen-bond acceptors (Lipinski definition) is 4. The molecule has 2 atom stereocenters. The molecule has 4 nitrogen and oxygen atoms in total. The van der Waals surface area contributed by atoms with Gasteiger partial charge >= 0.3 is 0 Å². The number of aliphatic hydroxyl groups is 1. The summed E-state index contributed by atoms with van der Waals surface area (Å²) >= 11 is 0. The summed E-state index contributed by atoms with van der Waals surface area (Å²) < 4.78 is 11.6. The molecule has 1 aliphatic carbocycles. The Bertz CT molecular complexity index is 600. The number of rotatable bonds is 15. The average Bonchev–Trinajstić information content (AvgIpc) is 3.50. The van der Waals surface area contributed by atoms with Crippen LogP contribution in [0.15, 0.2) is 18.2 Å². The van der Waals surface area contributed by atoms with Crippen LogP contribution in [0.1, 0.15) is 77.7 Å². The van der Waals surface area contributed by atoms with Crippen LogP contribution in [0.2, 0.25) is 0 Å². The Kier molecular flexibility index (Phi) is 9.78. The van der Waals surface area contributed by atoms with E-state index in [1.54, 1.807) is 7.11 Å². The third-order valence-corrected chi connectivity index (χ3v) is 6.19. The molecule has 0 amide bonds. The number of aryl methyl sites for hydroxylation is 1. The smallest absolute Gasteiger partial charge is 0.161 e. The second kappa shape index (κ2) is 11.8. The molecule has 4 heteroatoms. The first-order chi connectivity index (χ1) is 13.8. The highest BCUT2D eigenvalue weighted by atomic mass is 16.5. The first kappa shape index (κ1) is 24.0. The fraction of sp³-hybridized carbons (Fsp3) is 0.760. The molecule has 0 spiro atoms. The van der Waals surface area contributed by atoms with Gasteiger partial charge < -0.3 is 20.3 Å². The van der Waals surface area contributed by atoms with E-state index in [0.717, 1.165) is 49.7 Å². The van der Waals surface area contributed by atoms with Crippen molar-refractivity contribution in [3.8, 4) is 11.5 Å². The Hall–Kier alpha value is -1.26. The molecule has 1 fully saturated rings. The van der Waals surface area contributed by atoms with E-state index in [0.29, 0.717) is 11.8 Å². The molecule has 1 aliphatic rings. The maximum absolute atomic E-state index is 9.74. The van der Waals surface area contributed by atoms with Gasteiger partial charge in [0.05, 0.1) is 20.3 Å². The summed E-state index contributed by atoms with van der Waals surface area (Å²) in [5.41, 5.74) is 7.14. The summed E-state index contributed by atoms with van der Waals surface area (Å²) in [6.07, 6.45) is 10.0. The van der Waals surface area contributed by atoms with Crippen LogP contribution >= 0.6 is 0 Å². The van der Waals surface area contributed by atoms with Crippen molar-refractivity contribution in [1.82, 2.24) is 0 Å². The van der Waals surface area contributed by atoms with Crippen molar-refractivity contribution in [2.75, 3.05) is 20.3 Å². The quantitative estimate of drug-likeness (QED) is 0.413. The van der Waals surface area contributed by atoms with Gasteiger partial charge in [-0.1, -0.05) is 58.9 Å². The van der Waals surface area contributed by atoms with Crippen molar-refractivity contribution in [1.29, 1.82) is 0 Å². The molecule has 3 N–H and O–H groups in total. The van der Waals surface area contributed by atoms with Gasteiger partial charge in [0.1, 0.15) is 0 Å². The van der Waals surface area contributed by atoms with Crippen LogP contribution in [0.5, 0.6) is 11.5 Å². The van der Waals surface area contributed by atoms with E-state index >= 15 is 0 Å². The van der Waals surface area contributed by atoms with E-state index in [9.17, 15) is 5.11 Å². The molecule has 0 saturated heterocycles. The summed E-state index contributed by atoms with van der Waals surface area (Å²) in [6.45, 7) is 7.65. The van der Waals surface area contributed by atoms with Crippen molar-refractivity contribution in [3.05, 3.63) is 23.8 Å². The third kappa shape index (κ3) is 8.96. The zero-order valence-corrected chi connectivity index (χ0v) is 19.1. The van der Waals surface area contributed by atoms with Gasteiger partial charge in [0.15, 0.2) is 11.5 Å². The summed E-state index contributed by atoms with van der Waals surface area (Å²) in [7, 11) is 1.69. The second-order valence-electron chi connectivity index (χ2n) is 9.72.